The van der Waals surface area contributed by atoms with Crippen LogP contribution in [0.2, 0.25) is 0 Å². The van der Waals surface area contributed by atoms with Crippen molar-refractivity contribution in [2.45, 2.75) is 13.0 Å². The summed E-state index contributed by atoms with van der Waals surface area (Å²) in [6.07, 6.45) is 0. The molecule has 0 spiro atoms. The van der Waals surface area contributed by atoms with Crippen LogP contribution in [0.4, 0.5) is 0 Å². The summed E-state index contributed by atoms with van der Waals surface area (Å²) < 4.78 is 0.692. The van der Waals surface area contributed by atoms with Gasteiger partial charge in [0.25, 0.3) is 11.8 Å². The van der Waals surface area contributed by atoms with E-state index in [1.807, 2.05) is 0 Å². The first kappa shape index (κ1) is 14.7. The summed E-state index contributed by atoms with van der Waals surface area (Å²) in [7, 11) is 0. The number of fused-ring (bicyclic) bond motifs is 1. The molecule has 1 heterocycles. The molecule has 0 saturated heterocycles. The maximum atomic E-state index is 12.1. The molecule has 1 unspecified atom stereocenters. The minimum absolute atomic E-state index is 0.208. The highest BCUT2D eigenvalue weighted by atomic mass is 79.9. The molecule has 1 aromatic carbocycles. The molecule has 0 aromatic heterocycles. The lowest BCUT2D eigenvalue weighted by atomic mass is 10.1. The molecule has 1 atom stereocenters. The molecule has 106 valence electrons. The van der Waals surface area contributed by atoms with Crippen molar-refractivity contribution in [2.24, 2.45) is 0 Å². The molecule has 3 amide bonds. The number of rotatable bonds is 4. The molecule has 1 aliphatic heterocycles. The zero-order chi connectivity index (χ0) is 14.9. The Bertz CT molecular complexity index is 588. The Balaban J connectivity index is 2.14. The van der Waals surface area contributed by atoms with Gasteiger partial charge < -0.3 is 10.4 Å². The molecule has 6 nitrogen and oxygen atoms in total. The molecule has 1 aromatic rings. The average molecular weight is 341 g/mol. The molecule has 0 saturated carbocycles. The van der Waals surface area contributed by atoms with E-state index in [2.05, 4.69) is 21.2 Å². The molecule has 1 aliphatic rings. The largest absolute Gasteiger partial charge is 0.394 e. The van der Waals surface area contributed by atoms with Crippen molar-refractivity contribution in [3.05, 3.63) is 33.8 Å². The van der Waals surface area contributed by atoms with E-state index < -0.39 is 23.8 Å². The summed E-state index contributed by atoms with van der Waals surface area (Å²) in [6, 6.07) is 4.35. The number of nitrogens with one attached hydrogen (secondary N) is 1. The zero-order valence-corrected chi connectivity index (χ0v) is 12.3. The molecule has 0 bridgehead atoms. The first-order valence-corrected chi connectivity index (χ1v) is 6.79. The number of amides is 3. The van der Waals surface area contributed by atoms with Crippen molar-refractivity contribution >= 4 is 33.7 Å². The Labute approximate surface area is 123 Å². The number of nitrogens with zero attached hydrogens (tertiary/aromatic N) is 1. The van der Waals surface area contributed by atoms with Crippen LogP contribution in [0.1, 0.15) is 27.6 Å². The van der Waals surface area contributed by atoms with E-state index in [4.69, 9.17) is 5.11 Å². The van der Waals surface area contributed by atoms with Crippen LogP contribution in [0.5, 0.6) is 0 Å². The van der Waals surface area contributed by atoms with Crippen molar-refractivity contribution in [3.63, 3.8) is 0 Å². The highest BCUT2D eigenvalue weighted by molar-refractivity contribution is 9.10. The molecule has 20 heavy (non-hydrogen) atoms. The number of halogens is 1. The lowest BCUT2D eigenvalue weighted by molar-refractivity contribution is -0.122. The smallest absolute Gasteiger partial charge is 0.262 e. The van der Waals surface area contributed by atoms with Gasteiger partial charge in [-0.2, -0.15) is 0 Å². The first-order chi connectivity index (χ1) is 9.43. The molecule has 7 heteroatoms. The molecular weight excluding hydrogens is 328 g/mol. The summed E-state index contributed by atoms with van der Waals surface area (Å²) in [4.78, 5) is 36.8. The number of aliphatic hydroxyl groups excluding tert-OH is 1. The van der Waals surface area contributed by atoms with Gasteiger partial charge in [0.05, 0.1) is 17.7 Å². The number of aliphatic hydroxyl groups is 1. The van der Waals surface area contributed by atoms with Gasteiger partial charge in [-0.3, -0.25) is 19.3 Å². The lowest BCUT2D eigenvalue weighted by Crippen LogP contribution is -2.44. The highest BCUT2D eigenvalue weighted by Gasteiger charge is 2.36. The molecular formula is C13H13BrN2O4. The zero-order valence-electron chi connectivity index (χ0n) is 10.7. The van der Waals surface area contributed by atoms with Crippen LogP contribution in [0.15, 0.2) is 22.7 Å². The Morgan fingerprint density at radius 2 is 2.00 bits per heavy atom. The van der Waals surface area contributed by atoms with E-state index in [0.29, 0.717) is 10.0 Å². The van der Waals surface area contributed by atoms with E-state index in [-0.39, 0.29) is 18.7 Å². The third-order valence-corrected chi connectivity index (χ3v) is 3.41. The second-order valence-electron chi connectivity index (χ2n) is 4.54. The van der Waals surface area contributed by atoms with Gasteiger partial charge in [0.1, 0.15) is 6.54 Å². The van der Waals surface area contributed by atoms with Crippen LogP contribution in [-0.2, 0) is 4.79 Å². The fourth-order valence-electron chi connectivity index (χ4n) is 1.92. The van der Waals surface area contributed by atoms with Crippen molar-refractivity contribution in [2.75, 3.05) is 13.2 Å². The van der Waals surface area contributed by atoms with Gasteiger partial charge >= 0.3 is 0 Å². The second-order valence-corrected chi connectivity index (χ2v) is 5.45. The van der Waals surface area contributed by atoms with Gasteiger partial charge in [0.15, 0.2) is 0 Å². The van der Waals surface area contributed by atoms with E-state index in [1.165, 1.54) is 0 Å². The van der Waals surface area contributed by atoms with Gasteiger partial charge in [-0.25, -0.2) is 0 Å². The Hall–Kier alpha value is -1.73. The predicted octanol–water partition coefficient (Wildman–Crippen LogP) is 0.542. The maximum absolute atomic E-state index is 12.1. The van der Waals surface area contributed by atoms with Crippen LogP contribution < -0.4 is 5.32 Å². The van der Waals surface area contributed by atoms with Gasteiger partial charge in [-0.05, 0) is 25.1 Å². The van der Waals surface area contributed by atoms with Crippen molar-refractivity contribution < 1.29 is 19.5 Å². The minimum Gasteiger partial charge on any atom is -0.394 e. The number of carbonyl (C=O) groups excluding carboxylic acids is 3. The number of hydrogen-bond acceptors (Lipinski definition) is 4. The topological polar surface area (TPSA) is 86.7 Å². The quantitative estimate of drug-likeness (QED) is 0.783. The number of hydrogen-bond donors (Lipinski definition) is 2. The standard InChI is InChI=1S/C13H13BrN2O4/c1-7(6-17)15-11(18)5-16-12(19)9-3-2-8(14)4-10(9)13(16)20/h2-4,7,17H,5-6H2,1H3,(H,15,18). The van der Waals surface area contributed by atoms with Crippen molar-refractivity contribution in [3.8, 4) is 0 Å². The third kappa shape index (κ3) is 2.73. The van der Waals surface area contributed by atoms with Crippen LogP contribution in [-0.4, -0.2) is 46.9 Å². The van der Waals surface area contributed by atoms with Crippen LogP contribution in [0.3, 0.4) is 0 Å². The van der Waals surface area contributed by atoms with Crippen LogP contribution >= 0.6 is 15.9 Å². The molecule has 2 rings (SSSR count). The Morgan fingerprint density at radius 1 is 1.35 bits per heavy atom. The van der Waals surface area contributed by atoms with Crippen molar-refractivity contribution in [1.82, 2.24) is 10.2 Å². The Morgan fingerprint density at radius 3 is 2.65 bits per heavy atom. The SMILES string of the molecule is CC(CO)NC(=O)CN1C(=O)c2ccc(Br)cc2C1=O. The predicted molar refractivity (Wildman–Crippen MR) is 74.2 cm³/mol. The highest BCUT2D eigenvalue weighted by Crippen LogP contribution is 2.25. The normalized spacial score (nSPS) is 15.2. The summed E-state index contributed by atoms with van der Waals surface area (Å²) >= 11 is 3.24. The summed E-state index contributed by atoms with van der Waals surface area (Å²) in [5.41, 5.74) is 0.577. The monoisotopic (exact) mass is 340 g/mol. The first-order valence-electron chi connectivity index (χ1n) is 6.00. The van der Waals surface area contributed by atoms with Crippen molar-refractivity contribution in [1.29, 1.82) is 0 Å². The second kappa shape index (κ2) is 5.72. The third-order valence-electron chi connectivity index (χ3n) is 2.92. The fourth-order valence-corrected chi connectivity index (χ4v) is 2.28. The molecule has 0 aliphatic carbocycles. The van der Waals surface area contributed by atoms with E-state index in [0.717, 1.165) is 4.90 Å². The minimum atomic E-state index is -0.488. The van der Waals surface area contributed by atoms with Gasteiger partial charge in [-0.1, -0.05) is 15.9 Å². The van der Waals surface area contributed by atoms with Gasteiger partial charge in [0.2, 0.25) is 5.91 Å². The van der Waals surface area contributed by atoms with Gasteiger partial charge in [-0.15, -0.1) is 0 Å². The van der Waals surface area contributed by atoms with Gasteiger partial charge in [0, 0.05) is 10.5 Å². The van der Waals surface area contributed by atoms with E-state index >= 15 is 0 Å². The summed E-state index contributed by atoms with van der Waals surface area (Å²) in [5.74, 6) is -1.46. The molecule has 0 fully saturated rings. The lowest BCUT2D eigenvalue weighted by Gasteiger charge is -2.15. The fraction of sp³-hybridized carbons (Fsp3) is 0.308. The summed E-state index contributed by atoms with van der Waals surface area (Å²) in [5, 5.41) is 11.3. The molecule has 0 radical (unpaired) electrons. The molecule has 2 N–H and O–H groups in total. The van der Waals surface area contributed by atoms with E-state index in [1.54, 1.807) is 25.1 Å². The van der Waals surface area contributed by atoms with Crippen LogP contribution in [0.25, 0.3) is 0 Å². The number of carbonyl (C=O) groups is 3. The van der Waals surface area contributed by atoms with Crippen LogP contribution in [0, 0.1) is 0 Å². The number of benzene rings is 1. The summed E-state index contributed by atoms with van der Waals surface area (Å²) in [6.45, 7) is 1.06. The maximum Gasteiger partial charge on any atom is 0.262 e. The Kier molecular flexibility index (Phi) is 4.20. The van der Waals surface area contributed by atoms with E-state index in [9.17, 15) is 14.4 Å². The number of imide groups is 1. The average Bonchev–Trinajstić information content (AvgIpc) is 2.63.